The molecule has 0 heterocycles. The van der Waals surface area contributed by atoms with E-state index in [2.05, 4.69) is 15.8 Å². The summed E-state index contributed by atoms with van der Waals surface area (Å²) in [5.41, 5.74) is 4.06. The van der Waals surface area contributed by atoms with E-state index >= 15 is 0 Å². The van der Waals surface area contributed by atoms with Crippen molar-refractivity contribution in [3.8, 4) is 17.2 Å². The number of thiocarbonyl (C=S) groups is 1. The molecule has 0 aliphatic heterocycles. The van der Waals surface area contributed by atoms with Crippen LogP contribution in [0.15, 0.2) is 41.5 Å². The lowest BCUT2D eigenvalue weighted by Crippen LogP contribution is -2.23. The molecule has 132 valence electrons. The summed E-state index contributed by atoms with van der Waals surface area (Å²) in [7, 11) is 4.62. The number of nitrogens with zero attached hydrogens (tertiary/aromatic N) is 1. The Labute approximate surface area is 150 Å². The van der Waals surface area contributed by atoms with Gasteiger partial charge in [0.2, 0.25) is 5.75 Å². The van der Waals surface area contributed by atoms with Gasteiger partial charge in [-0.2, -0.15) is 5.10 Å². The quantitative estimate of drug-likeness (QED) is 0.467. The first kappa shape index (κ1) is 18.5. The van der Waals surface area contributed by atoms with Crippen molar-refractivity contribution in [3.63, 3.8) is 0 Å². The minimum absolute atomic E-state index is 0.273. The highest BCUT2D eigenvalue weighted by Crippen LogP contribution is 2.37. The summed E-state index contributed by atoms with van der Waals surface area (Å²) in [6.45, 7) is 0. The van der Waals surface area contributed by atoms with E-state index in [0.717, 1.165) is 5.56 Å². The molecule has 0 aliphatic carbocycles. The van der Waals surface area contributed by atoms with Gasteiger partial charge in [0.25, 0.3) is 0 Å². The average molecular weight is 363 g/mol. The first-order valence-electron chi connectivity index (χ1n) is 7.23. The first-order valence-corrected chi connectivity index (χ1v) is 7.64. The number of hydrazone groups is 1. The summed E-state index contributed by atoms with van der Waals surface area (Å²) in [5.74, 6) is 1.24. The van der Waals surface area contributed by atoms with E-state index in [9.17, 15) is 4.39 Å². The van der Waals surface area contributed by atoms with Crippen LogP contribution in [0.2, 0.25) is 0 Å². The van der Waals surface area contributed by atoms with Crippen molar-refractivity contribution in [2.24, 2.45) is 5.10 Å². The van der Waals surface area contributed by atoms with Gasteiger partial charge in [0.05, 0.1) is 27.5 Å². The summed E-state index contributed by atoms with van der Waals surface area (Å²) >= 11 is 5.12. The Balaban J connectivity index is 2.03. The number of ether oxygens (including phenoxy) is 3. The molecular formula is C17H18FN3O3S. The lowest BCUT2D eigenvalue weighted by Gasteiger charge is -2.12. The highest BCUT2D eigenvalue weighted by Gasteiger charge is 2.12. The van der Waals surface area contributed by atoms with E-state index in [1.165, 1.54) is 33.5 Å². The van der Waals surface area contributed by atoms with Gasteiger partial charge in [-0.15, -0.1) is 0 Å². The van der Waals surface area contributed by atoms with Crippen LogP contribution in [-0.4, -0.2) is 32.7 Å². The zero-order chi connectivity index (χ0) is 18.2. The smallest absolute Gasteiger partial charge is 0.203 e. The Morgan fingerprint density at radius 2 is 1.64 bits per heavy atom. The molecule has 2 rings (SSSR count). The number of nitrogens with one attached hydrogen (secondary N) is 2. The largest absolute Gasteiger partial charge is 0.493 e. The van der Waals surface area contributed by atoms with Gasteiger partial charge in [0.1, 0.15) is 5.82 Å². The summed E-state index contributed by atoms with van der Waals surface area (Å²) < 4.78 is 28.7. The molecular weight excluding hydrogens is 345 g/mol. The first-order chi connectivity index (χ1) is 12.1. The van der Waals surface area contributed by atoms with Gasteiger partial charge < -0.3 is 19.5 Å². The van der Waals surface area contributed by atoms with E-state index in [0.29, 0.717) is 22.9 Å². The Bertz CT molecular complexity index is 741. The molecule has 6 nitrogen and oxygen atoms in total. The number of benzene rings is 2. The average Bonchev–Trinajstić information content (AvgIpc) is 2.62. The van der Waals surface area contributed by atoms with Gasteiger partial charge >= 0.3 is 0 Å². The van der Waals surface area contributed by atoms with Crippen LogP contribution >= 0.6 is 12.2 Å². The predicted octanol–water partition coefficient (Wildman–Crippen LogP) is 3.17. The fourth-order valence-corrected chi connectivity index (χ4v) is 2.20. The maximum Gasteiger partial charge on any atom is 0.203 e. The molecule has 2 aromatic rings. The molecule has 0 saturated carbocycles. The molecule has 0 aliphatic rings. The van der Waals surface area contributed by atoms with Crippen molar-refractivity contribution in [3.05, 3.63) is 47.8 Å². The zero-order valence-electron chi connectivity index (χ0n) is 14.0. The monoisotopic (exact) mass is 363 g/mol. The van der Waals surface area contributed by atoms with E-state index in [-0.39, 0.29) is 10.9 Å². The number of methoxy groups -OCH3 is 3. The second kappa shape index (κ2) is 8.84. The molecule has 25 heavy (non-hydrogen) atoms. The van der Waals surface area contributed by atoms with Gasteiger partial charge in [0, 0.05) is 11.3 Å². The van der Waals surface area contributed by atoms with E-state index in [1.54, 1.807) is 30.5 Å². The predicted molar refractivity (Wildman–Crippen MR) is 99.4 cm³/mol. The summed E-state index contributed by atoms with van der Waals surface area (Å²) in [5, 5.41) is 7.22. The van der Waals surface area contributed by atoms with Crippen LogP contribution in [0.4, 0.5) is 10.1 Å². The molecule has 0 radical (unpaired) electrons. The molecule has 8 heteroatoms. The standard InChI is InChI=1S/C17H18FN3O3S/c1-22-14-8-11(9-15(23-2)16(14)24-3)10-19-21-17(25)20-13-6-4-12(18)5-7-13/h4-10H,1-3H3,(H2,20,21,25). The maximum absolute atomic E-state index is 12.9. The SMILES string of the molecule is COc1cc(C=NNC(=S)Nc2ccc(F)cc2)cc(OC)c1OC. The van der Waals surface area contributed by atoms with Crippen molar-refractivity contribution >= 4 is 29.2 Å². The van der Waals surface area contributed by atoms with Gasteiger partial charge in [0.15, 0.2) is 16.6 Å². The molecule has 0 bridgehead atoms. The van der Waals surface area contributed by atoms with Crippen LogP contribution in [0, 0.1) is 5.82 Å². The zero-order valence-corrected chi connectivity index (χ0v) is 14.8. The summed E-state index contributed by atoms with van der Waals surface area (Å²) in [6.07, 6.45) is 1.56. The van der Waals surface area contributed by atoms with Gasteiger partial charge in [-0.3, -0.25) is 5.43 Å². The minimum atomic E-state index is -0.315. The van der Waals surface area contributed by atoms with Gasteiger partial charge in [-0.05, 0) is 48.6 Å². The molecule has 0 unspecified atom stereocenters. The van der Waals surface area contributed by atoms with Crippen molar-refractivity contribution in [2.45, 2.75) is 0 Å². The molecule has 0 fully saturated rings. The third kappa shape index (κ3) is 5.05. The third-order valence-corrected chi connectivity index (χ3v) is 3.36. The number of anilines is 1. The molecule has 0 aromatic heterocycles. The minimum Gasteiger partial charge on any atom is -0.493 e. The number of rotatable bonds is 6. The van der Waals surface area contributed by atoms with Crippen molar-refractivity contribution in [1.29, 1.82) is 0 Å². The number of halogens is 1. The van der Waals surface area contributed by atoms with Crippen LogP contribution in [-0.2, 0) is 0 Å². The second-order valence-electron chi connectivity index (χ2n) is 4.79. The number of hydrogen-bond acceptors (Lipinski definition) is 5. The lowest BCUT2D eigenvalue weighted by atomic mass is 10.2. The lowest BCUT2D eigenvalue weighted by molar-refractivity contribution is 0.324. The van der Waals surface area contributed by atoms with Crippen LogP contribution in [0.25, 0.3) is 0 Å². The van der Waals surface area contributed by atoms with Crippen LogP contribution in [0.3, 0.4) is 0 Å². The number of hydrogen-bond donors (Lipinski definition) is 2. The molecule has 0 atom stereocenters. The molecule has 0 spiro atoms. The van der Waals surface area contributed by atoms with Crippen LogP contribution in [0.5, 0.6) is 17.2 Å². The maximum atomic E-state index is 12.9. The van der Waals surface area contributed by atoms with E-state index < -0.39 is 0 Å². The van der Waals surface area contributed by atoms with Crippen LogP contribution < -0.4 is 25.0 Å². The topological polar surface area (TPSA) is 64.1 Å². The Morgan fingerprint density at radius 3 is 2.16 bits per heavy atom. The third-order valence-electron chi connectivity index (χ3n) is 3.17. The summed E-state index contributed by atoms with van der Waals surface area (Å²) in [6, 6.07) is 9.33. The van der Waals surface area contributed by atoms with E-state index in [4.69, 9.17) is 26.4 Å². The van der Waals surface area contributed by atoms with Crippen molar-refractivity contribution in [1.82, 2.24) is 5.43 Å². The normalized spacial score (nSPS) is 10.4. The Kier molecular flexibility index (Phi) is 6.53. The van der Waals surface area contributed by atoms with Gasteiger partial charge in [-0.25, -0.2) is 4.39 Å². The highest BCUT2D eigenvalue weighted by molar-refractivity contribution is 7.80. The molecule has 0 amide bonds. The fourth-order valence-electron chi connectivity index (χ4n) is 2.03. The van der Waals surface area contributed by atoms with Gasteiger partial charge in [-0.1, -0.05) is 0 Å². The molecule has 0 saturated heterocycles. The summed E-state index contributed by atoms with van der Waals surface area (Å²) in [4.78, 5) is 0. The molecule has 2 aromatic carbocycles. The Morgan fingerprint density at radius 1 is 1.04 bits per heavy atom. The van der Waals surface area contributed by atoms with Crippen molar-refractivity contribution < 1.29 is 18.6 Å². The highest BCUT2D eigenvalue weighted by atomic mass is 32.1. The fraction of sp³-hybridized carbons (Fsp3) is 0.176. The molecule has 2 N–H and O–H groups in total. The van der Waals surface area contributed by atoms with E-state index in [1.807, 2.05) is 0 Å². The van der Waals surface area contributed by atoms with Crippen molar-refractivity contribution in [2.75, 3.05) is 26.6 Å². The second-order valence-corrected chi connectivity index (χ2v) is 5.20. The van der Waals surface area contributed by atoms with Crippen LogP contribution in [0.1, 0.15) is 5.56 Å². The Hall–Kier alpha value is -2.87.